The number of aromatic nitrogens is 3. The number of nitrogens with zero attached hydrogens (tertiary/aromatic N) is 4. The number of hydrogen-bond donors (Lipinski definition) is 3. The maximum absolute atomic E-state index is 12.6. The first-order valence-electron chi connectivity index (χ1n) is 10.4. The summed E-state index contributed by atoms with van der Waals surface area (Å²) in [6.45, 7) is 1.85. The van der Waals surface area contributed by atoms with E-state index >= 15 is 0 Å². The van der Waals surface area contributed by atoms with E-state index in [9.17, 15) is 19.7 Å². The van der Waals surface area contributed by atoms with Gasteiger partial charge in [-0.05, 0) is 48.9 Å². The first-order valence-corrected chi connectivity index (χ1v) is 10.4. The molecule has 11 nitrogen and oxygen atoms in total. The van der Waals surface area contributed by atoms with Gasteiger partial charge >= 0.3 is 0 Å². The maximum Gasteiger partial charge on any atom is 0.282 e. The number of carbonyl (C=O) groups excluding carboxylic acids is 2. The van der Waals surface area contributed by atoms with Crippen molar-refractivity contribution in [3.05, 3.63) is 106 Å². The van der Waals surface area contributed by atoms with Crippen LogP contribution in [0.4, 0.5) is 17.3 Å². The highest BCUT2D eigenvalue weighted by molar-refractivity contribution is 6.01. The Morgan fingerprint density at radius 3 is 2.51 bits per heavy atom. The molecule has 4 aromatic rings. The van der Waals surface area contributed by atoms with Gasteiger partial charge in [0.15, 0.2) is 0 Å². The van der Waals surface area contributed by atoms with Crippen molar-refractivity contribution in [2.45, 2.75) is 6.92 Å². The summed E-state index contributed by atoms with van der Waals surface area (Å²) in [6.07, 6.45) is 4.98. The van der Waals surface area contributed by atoms with Crippen LogP contribution in [0.1, 0.15) is 26.3 Å². The third-order valence-corrected chi connectivity index (χ3v) is 4.99. The second-order valence-electron chi connectivity index (χ2n) is 7.34. The van der Waals surface area contributed by atoms with Crippen LogP contribution < -0.4 is 16.2 Å². The SMILES string of the molecule is Cc1ccc(C(=O)NNC(=O)c2ccccc2[N+](=O)[O-])cc1Nc1nccc(-c2cccnc2)n1. The van der Waals surface area contributed by atoms with Crippen molar-refractivity contribution in [3.8, 4) is 11.3 Å². The van der Waals surface area contributed by atoms with Gasteiger partial charge in [-0.2, -0.15) is 0 Å². The summed E-state index contributed by atoms with van der Waals surface area (Å²) in [5.41, 5.74) is 7.12. The largest absolute Gasteiger partial charge is 0.324 e. The van der Waals surface area contributed by atoms with Crippen molar-refractivity contribution in [1.82, 2.24) is 25.8 Å². The van der Waals surface area contributed by atoms with Gasteiger partial charge in [0.1, 0.15) is 5.56 Å². The minimum Gasteiger partial charge on any atom is -0.324 e. The van der Waals surface area contributed by atoms with Crippen molar-refractivity contribution < 1.29 is 14.5 Å². The fourth-order valence-corrected chi connectivity index (χ4v) is 3.19. The molecule has 2 aromatic carbocycles. The molecule has 2 amide bonds. The van der Waals surface area contributed by atoms with Crippen LogP contribution in [0, 0.1) is 17.0 Å². The zero-order valence-corrected chi connectivity index (χ0v) is 18.4. The summed E-state index contributed by atoms with van der Waals surface area (Å²) in [5, 5.41) is 14.2. The number of nitro groups is 1. The topological polar surface area (TPSA) is 152 Å². The molecular formula is C24H19N7O4. The molecule has 35 heavy (non-hydrogen) atoms. The van der Waals surface area contributed by atoms with Gasteiger partial charge in [0.05, 0.1) is 10.6 Å². The van der Waals surface area contributed by atoms with E-state index in [1.54, 1.807) is 42.9 Å². The van der Waals surface area contributed by atoms with Crippen molar-refractivity contribution in [2.75, 3.05) is 5.32 Å². The molecule has 0 saturated heterocycles. The molecule has 2 aromatic heterocycles. The molecule has 0 unspecified atom stereocenters. The number of rotatable bonds is 6. The lowest BCUT2D eigenvalue weighted by Crippen LogP contribution is -2.41. The second kappa shape index (κ2) is 10.2. The van der Waals surface area contributed by atoms with Crippen LogP contribution in [0.25, 0.3) is 11.3 Å². The third kappa shape index (κ3) is 5.42. The number of aryl methyl sites for hydroxylation is 1. The number of pyridine rings is 1. The highest BCUT2D eigenvalue weighted by atomic mass is 16.6. The van der Waals surface area contributed by atoms with E-state index in [2.05, 4.69) is 31.1 Å². The lowest BCUT2D eigenvalue weighted by Gasteiger charge is -2.12. The first kappa shape index (κ1) is 23.0. The standard InChI is InChI=1S/C24H19N7O4/c1-15-8-9-16(22(32)29-30-23(33)18-6-2-3-7-21(18)31(34)35)13-20(15)28-24-26-12-10-19(27-24)17-5-4-11-25-14-17/h2-14H,1H3,(H,29,32)(H,30,33)(H,26,27,28). The molecule has 0 atom stereocenters. The lowest BCUT2D eigenvalue weighted by atomic mass is 10.1. The zero-order chi connectivity index (χ0) is 24.8. The number of nitro benzene ring substituents is 1. The highest BCUT2D eigenvalue weighted by Crippen LogP contribution is 2.22. The van der Waals surface area contributed by atoms with Crippen molar-refractivity contribution in [1.29, 1.82) is 0 Å². The summed E-state index contributed by atoms with van der Waals surface area (Å²) < 4.78 is 0. The predicted octanol–water partition coefficient (Wildman–Crippen LogP) is 3.57. The molecule has 4 rings (SSSR count). The molecule has 0 aliphatic carbocycles. The quantitative estimate of drug-likeness (QED) is 0.286. The molecule has 0 fully saturated rings. The molecule has 11 heteroatoms. The number of nitrogens with one attached hydrogen (secondary N) is 3. The van der Waals surface area contributed by atoms with E-state index in [1.807, 2.05) is 19.1 Å². The summed E-state index contributed by atoms with van der Waals surface area (Å²) in [4.78, 5) is 48.3. The summed E-state index contributed by atoms with van der Waals surface area (Å²) in [6, 6.07) is 15.8. The Hall–Kier alpha value is -5.19. The molecule has 3 N–H and O–H groups in total. The van der Waals surface area contributed by atoms with Crippen LogP contribution in [0.5, 0.6) is 0 Å². The number of amides is 2. The average Bonchev–Trinajstić information content (AvgIpc) is 2.89. The fourth-order valence-electron chi connectivity index (χ4n) is 3.19. The van der Waals surface area contributed by atoms with Gasteiger partial charge in [0, 0.05) is 41.5 Å². The highest BCUT2D eigenvalue weighted by Gasteiger charge is 2.20. The second-order valence-corrected chi connectivity index (χ2v) is 7.34. The Labute approximate surface area is 199 Å². The van der Waals surface area contributed by atoms with Gasteiger partial charge in [0.25, 0.3) is 17.5 Å². The van der Waals surface area contributed by atoms with Crippen molar-refractivity contribution >= 4 is 29.1 Å². The molecule has 0 aliphatic heterocycles. The minimum atomic E-state index is -0.809. The van der Waals surface area contributed by atoms with Crippen LogP contribution in [0.3, 0.4) is 0 Å². The van der Waals surface area contributed by atoms with E-state index in [4.69, 9.17) is 0 Å². The molecular weight excluding hydrogens is 450 g/mol. The zero-order valence-electron chi connectivity index (χ0n) is 18.4. The van der Waals surface area contributed by atoms with Gasteiger partial charge in [0.2, 0.25) is 5.95 Å². The average molecular weight is 469 g/mol. The molecule has 0 radical (unpaired) electrons. The van der Waals surface area contributed by atoms with Crippen LogP contribution in [0.2, 0.25) is 0 Å². The third-order valence-electron chi connectivity index (χ3n) is 4.99. The molecule has 174 valence electrons. The van der Waals surface area contributed by atoms with E-state index in [1.165, 1.54) is 24.3 Å². The molecule has 2 heterocycles. The number of hydrazine groups is 1. The number of hydrogen-bond acceptors (Lipinski definition) is 8. The fraction of sp³-hybridized carbons (Fsp3) is 0.0417. The maximum atomic E-state index is 12.6. The molecule has 0 spiro atoms. The molecule has 0 aliphatic rings. The molecule has 0 bridgehead atoms. The van der Waals surface area contributed by atoms with Crippen LogP contribution in [-0.4, -0.2) is 31.7 Å². The Morgan fingerprint density at radius 2 is 1.74 bits per heavy atom. The number of para-hydroxylation sites is 1. The van der Waals surface area contributed by atoms with Gasteiger partial charge in [-0.1, -0.05) is 18.2 Å². The number of benzene rings is 2. The van der Waals surface area contributed by atoms with E-state index < -0.39 is 16.7 Å². The van der Waals surface area contributed by atoms with Crippen molar-refractivity contribution in [3.63, 3.8) is 0 Å². The van der Waals surface area contributed by atoms with E-state index in [-0.39, 0.29) is 16.8 Å². The monoisotopic (exact) mass is 469 g/mol. The van der Waals surface area contributed by atoms with E-state index in [0.29, 0.717) is 17.3 Å². The molecule has 0 saturated carbocycles. The normalized spacial score (nSPS) is 10.3. The van der Waals surface area contributed by atoms with Gasteiger partial charge < -0.3 is 5.32 Å². The Balaban J connectivity index is 1.47. The Bertz CT molecular complexity index is 1410. The van der Waals surface area contributed by atoms with Crippen LogP contribution in [-0.2, 0) is 0 Å². The van der Waals surface area contributed by atoms with Crippen LogP contribution >= 0.6 is 0 Å². The summed E-state index contributed by atoms with van der Waals surface area (Å²) >= 11 is 0. The van der Waals surface area contributed by atoms with E-state index in [0.717, 1.165) is 11.1 Å². The van der Waals surface area contributed by atoms with Crippen molar-refractivity contribution in [2.24, 2.45) is 0 Å². The van der Waals surface area contributed by atoms with Crippen LogP contribution in [0.15, 0.2) is 79.3 Å². The Morgan fingerprint density at radius 1 is 0.943 bits per heavy atom. The summed E-state index contributed by atoms with van der Waals surface area (Å²) in [5.74, 6) is -1.08. The van der Waals surface area contributed by atoms with Gasteiger partial charge in [-0.3, -0.25) is 35.5 Å². The van der Waals surface area contributed by atoms with Gasteiger partial charge in [-0.25, -0.2) is 9.97 Å². The predicted molar refractivity (Wildman–Crippen MR) is 128 cm³/mol. The number of carbonyl (C=O) groups is 2. The lowest BCUT2D eigenvalue weighted by molar-refractivity contribution is -0.385. The summed E-state index contributed by atoms with van der Waals surface area (Å²) in [7, 11) is 0. The van der Waals surface area contributed by atoms with Gasteiger partial charge in [-0.15, -0.1) is 0 Å². The number of anilines is 2. The Kier molecular flexibility index (Phi) is 6.68. The minimum absolute atomic E-state index is 0.172. The smallest absolute Gasteiger partial charge is 0.282 e. The first-order chi connectivity index (χ1) is 16.9.